The molecule has 0 unspecified atom stereocenters. The Morgan fingerprint density at radius 1 is 1.03 bits per heavy atom. The number of carbonyl (C=O) groups is 1. The Bertz CT molecular complexity index is 1680. The van der Waals surface area contributed by atoms with E-state index in [0.29, 0.717) is 18.7 Å². The third kappa shape index (κ3) is 3.33. The van der Waals surface area contributed by atoms with Crippen LogP contribution in [0.15, 0.2) is 73.6 Å². The quantitative estimate of drug-likeness (QED) is 0.397. The molecule has 0 spiro atoms. The monoisotopic (exact) mass is 473 g/mol. The van der Waals surface area contributed by atoms with Gasteiger partial charge < -0.3 is 9.47 Å². The molecule has 0 saturated heterocycles. The highest BCUT2D eigenvalue weighted by Crippen LogP contribution is 2.34. The number of hydrogen-bond donors (Lipinski definition) is 0. The molecule has 1 amide bonds. The van der Waals surface area contributed by atoms with Gasteiger partial charge in [0.2, 0.25) is 0 Å². The van der Waals surface area contributed by atoms with Gasteiger partial charge in [0.1, 0.15) is 5.82 Å². The summed E-state index contributed by atoms with van der Waals surface area (Å²) in [4.78, 5) is 28.8. The molecule has 176 valence electrons. The van der Waals surface area contributed by atoms with Crippen molar-refractivity contribution < 1.29 is 4.79 Å². The van der Waals surface area contributed by atoms with E-state index in [2.05, 4.69) is 42.8 Å². The number of amides is 1. The van der Waals surface area contributed by atoms with Crippen LogP contribution >= 0.6 is 0 Å². The SMILES string of the molecule is Cc1cn2c(n1)CN(C(=O)c1cnc3c(c1)C(c1ccn4ncc(-c5cccnc5)c4c1)=CC3)CC2. The summed E-state index contributed by atoms with van der Waals surface area (Å²) in [7, 11) is 0. The molecule has 5 aromatic heterocycles. The van der Waals surface area contributed by atoms with Crippen molar-refractivity contribution in [2.75, 3.05) is 6.54 Å². The first-order valence-electron chi connectivity index (χ1n) is 12.0. The van der Waals surface area contributed by atoms with Gasteiger partial charge in [-0.2, -0.15) is 5.10 Å². The number of nitrogens with zero attached hydrogens (tertiary/aromatic N) is 7. The maximum Gasteiger partial charge on any atom is 0.255 e. The maximum atomic E-state index is 13.4. The molecular weight excluding hydrogens is 450 g/mol. The van der Waals surface area contributed by atoms with Crippen molar-refractivity contribution in [3.05, 3.63) is 107 Å². The third-order valence-electron chi connectivity index (χ3n) is 7.02. The molecule has 1 aliphatic carbocycles. The standard InChI is InChI=1S/C28H23N7O/c1-18-16-33-9-10-34(17-27(33)32-18)28(36)21-11-23-22(4-5-25(23)30-14-21)19-6-8-35-26(12-19)24(15-31-35)20-3-2-7-29-13-20/h2-4,6-8,11-16H,5,9-10,17H2,1H3. The highest BCUT2D eigenvalue weighted by molar-refractivity contribution is 5.96. The smallest absolute Gasteiger partial charge is 0.255 e. The van der Waals surface area contributed by atoms with E-state index in [-0.39, 0.29) is 5.91 Å². The van der Waals surface area contributed by atoms with Crippen molar-refractivity contribution in [1.82, 2.24) is 34.0 Å². The second kappa shape index (κ2) is 7.98. The molecule has 0 saturated carbocycles. The molecular formula is C28H23N7O. The van der Waals surface area contributed by atoms with Crippen LogP contribution in [0.4, 0.5) is 0 Å². The fourth-order valence-corrected chi connectivity index (χ4v) is 5.23. The number of imidazole rings is 1. The van der Waals surface area contributed by atoms with Gasteiger partial charge in [0, 0.05) is 67.2 Å². The van der Waals surface area contributed by atoms with Gasteiger partial charge in [0.15, 0.2) is 0 Å². The normalized spacial score (nSPS) is 14.6. The summed E-state index contributed by atoms with van der Waals surface area (Å²) in [6.45, 7) is 3.92. The van der Waals surface area contributed by atoms with E-state index in [1.165, 1.54) is 0 Å². The van der Waals surface area contributed by atoms with Gasteiger partial charge in [-0.1, -0.05) is 12.1 Å². The van der Waals surface area contributed by atoms with Gasteiger partial charge in [-0.05, 0) is 42.3 Å². The van der Waals surface area contributed by atoms with Crippen molar-refractivity contribution in [3.8, 4) is 11.1 Å². The van der Waals surface area contributed by atoms with E-state index in [0.717, 1.165) is 63.5 Å². The van der Waals surface area contributed by atoms with E-state index in [9.17, 15) is 4.79 Å². The van der Waals surface area contributed by atoms with Crippen LogP contribution in [0.1, 0.15) is 38.7 Å². The zero-order chi connectivity index (χ0) is 24.2. The molecule has 1 aliphatic heterocycles. The van der Waals surface area contributed by atoms with Crippen molar-refractivity contribution in [2.45, 2.75) is 26.4 Å². The molecule has 0 bridgehead atoms. The Morgan fingerprint density at radius 3 is 2.86 bits per heavy atom. The number of hydrogen-bond acceptors (Lipinski definition) is 5. The lowest BCUT2D eigenvalue weighted by molar-refractivity contribution is 0.0707. The van der Waals surface area contributed by atoms with Gasteiger partial charge in [0.05, 0.1) is 35.2 Å². The minimum absolute atomic E-state index is 0.00596. The zero-order valence-electron chi connectivity index (χ0n) is 19.8. The van der Waals surface area contributed by atoms with Gasteiger partial charge in [0.25, 0.3) is 5.91 Å². The first-order chi connectivity index (χ1) is 17.6. The molecule has 6 heterocycles. The minimum atomic E-state index is -0.00596. The highest BCUT2D eigenvalue weighted by atomic mass is 16.2. The summed E-state index contributed by atoms with van der Waals surface area (Å²) in [5, 5.41) is 4.51. The van der Waals surface area contributed by atoms with E-state index in [4.69, 9.17) is 0 Å². The molecule has 0 aromatic carbocycles. The minimum Gasteiger partial charge on any atom is -0.331 e. The number of allylic oxidation sites excluding steroid dienone is 1. The molecule has 7 rings (SSSR count). The second-order valence-electron chi connectivity index (χ2n) is 9.30. The Hall–Kier alpha value is -4.59. The largest absolute Gasteiger partial charge is 0.331 e. The number of rotatable bonds is 3. The Balaban J connectivity index is 1.22. The topological polar surface area (TPSA) is 81.2 Å². The summed E-state index contributed by atoms with van der Waals surface area (Å²) in [5.41, 5.74) is 8.84. The van der Waals surface area contributed by atoms with Crippen LogP contribution in [-0.2, 0) is 19.5 Å². The van der Waals surface area contributed by atoms with Gasteiger partial charge in [-0.25, -0.2) is 9.50 Å². The summed E-state index contributed by atoms with van der Waals surface area (Å²) in [6.07, 6.45) is 14.2. The number of carbonyl (C=O) groups excluding carboxylic acids is 1. The van der Waals surface area contributed by atoms with Crippen LogP contribution in [0.25, 0.3) is 22.2 Å². The molecule has 5 aromatic rings. The van der Waals surface area contributed by atoms with Gasteiger partial charge in [-0.3, -0.25) is 14.8 Å². The lowest BCUT2D eigenvalue weighted by atomic mass is 9.99. The average Bonchev–Trinajstić information content (AvgIpc) is 3.63. The first kappa shape index (κ1) is 20.8. The van der Waals surface area contributed by atoms with Crippen LogP contribution in [-0.4, -0.2) is 46.5 Å². The van der Waals surface area contributed by atoms with Crippen molar-refractivity contribution in [1.29, 1.82) is 0 Å². The maximum absolute atomic E-state index is 13.4. The molecule has 8 nitrogen and oxygen atoms in total. The van der Waals surface area contributed by atoms with E-state index in [1.807, 2.05) is 59.3 Å². The Morgan fingerprint density at radius 2 is 1.97 bits per heavy atom. The fraction of sp³-hybridized carbons (Fsp3) is 0.179. The van der Waals surface area contributed by atoms with Crippen LogP contribution in [0, 0.1) is 6.92 Å². The van der Waals surface area contributed by atoms with Gasteiger partial charge in [-0.15, -0.1) is 0 Å². The summed E-state index contributed by atoms with van der Waals surface area (Å²) >= 11 is 0. The van der Waals surface area contributed by atoms with Crippen molar-refractivity contribution >= 4 is 17.0 Å². The summed E-state index contributed by atoms with van der Waals surface area (Å²) in [5.74, 6) is 0.925. The average molecular weight is 474 g/mol. The number of pyridine rings is 3. The molecule has 8 heteroatoms. The second-order valence-corrected chi connectivity index (χ2v) is 9.30. The van der Waals surface area contributed by atoms with E-state index < -0.39 is 0 Å². The predicted octanol–water partition coefficient (Wildman–Crippen LogP) is 3.94. The number of aryl methyl sites for hydroxylation is 1. The highest BCUT2D eigenvalue weighted by Gasteiger charge is 2.26. The van der Waals surface area contributed by atoms with Gasteiger partial charge >= 0.3 is 0 Å². The Kier molecular flexibility index (Phi) is 4.60. The van der Waals surface area contributed by atoms with Crippen LogP contribution < -0.4 is 0 Å². The first-order valence-corrected chi connectivity index (χ1v) is 12.0. The van der Waals surface area contributed by atoms with Crippen molar-refractivity contribution in [3.63, 3.8) is 0 Å². The van der Waals surface area contributed by atoms with Crippen molar-refractivity contribution in [2.24, 2.45) is 0 Å². The number of fused-ring (bicyclic) bond motifs is 3. The van der Waals surface area contributed by atoms with E-state index >= 15 is 0 Å². The molecule has 0 N–H and O–H groups in total. The predicted molar refractivity (Wildman–Crippen MR) is 135 cm³/mol. The molecule has 0 fully saturated rings. The molecule has 0 radical (unpaired) electrons. The zero-order valence-corrected chi connectivity index (χ0v) is 19.8. The lowest BCUT2D eigenvalue weighted by Gasteiger charge is -2.27. The molecule has 2 aliphatic rings. The van der Waals surface area contributed by atoms with Crippen LogP contribution in [0.2, 0.25) is 0 Å². The van der Waals surface area contributed by atoms with Crippen LogP contribution in [0.3, 0.4) is 0 Å². The summed E-state index contributed by atoms with van der Waals surface area (Å²) < 4.78 is 4.01. The van der Waals surface area contributed by atoms with Crippen LogP contribution in [0.5, 0.6) is 0 Å². The lowest BCUT2D eigenvalue weighted by Crippen LogP contribution is -2.38. The molecule has 36 heavy (non-hydrogen) atoms. The molecule has 0 atom stereocenters. The van der Waals surface area contributed by atoms with E-state index in [1.54, 1.807) is 12.4 Å². The Labute approximate surface area is 207 Å². The summed E-state index contributed by atoms with van der Waals surface area (Å²) in [6, 6.07) is 10.2. The number of aromatic nitrogens is 6. The third-order valence-corrected chi connectivity index (χ3v) is 7.02. The fourth-order valence-electron chi connectivity index (χ4n) is 5.23.